The second-order valence-electron chi connectivity index (χ2n) is 4.34. The van der Waals surface area contributed by atoms with Gasteiger partial charge in [-0.2, -0.15) is 0 Å². The number of benzene rings is 1. The van der Waals surface area contributed by atoms with Crippen LogP contribution in [-0.4, -0.2) is 48.3 Å². The summed E-state index contributed by atoms with van der Waals surface area (Å²) < 4.78 is 6.23. The van der Waals surface area contributed by atoms with E-state index in [-0.39, 0.29) is 0 Å². The number of rotatable bonds is 4. The summed E-state index contributed by atoms with van der Waals surface area (Å²) in [6.45, 7) is 2.60. The number of hydrogen-bond donors (Lipinski definition) is 1. The summed E-state index contributed by atoms with van der Waals surface area (Å²) in [7, 11) is 0. The third-order valence-electron chi connectivity index (χ3n) is 3.09. The number of nitrogens with zero attached hydrogens (tertiary/aromatic N) is 1. The van der Waals surface area contributed by atoms with E-state index in [1.165, 1.54) is 0 Å². The second-order valence-corrected chi connectivity index (χ2v) is 5.25. The molecule has 4 nitrogen and oxygen atoms in total. The molecule has 5 heteroatoms. The summed E-state index contributed by atoms with van der Waals surface area (Å²) in [6.07, 6.45) is 0.523. The van der Waals surface area contributed by atoms with Crippen LogP contribution in [0.4, 0.5) is 0 Å². The highest BCUT2D eigenvalue weighted by Crippen LogP contribution is 2.16. The van der Waals surface area contributed by atoms with Gasteiger partial charge in [0.15, 0.2) is 0 Å². The first-order valence-electron chi connectivity index (χ1n) is 5.96. The van der Waals surface area contributed by atoms with Crippen molar-refractivity contribution in [1.82, 2.24) is 4.90 Å². The lowest BCUT2D eigenvalue weighted by molar-refractivity contribution is -0.145. The Morgan fingerprint density at radius 1 is 1.44 bits per heavy atom. The standard InChI is InChI=1S/C13H16BrNO3/c14-11-3-1-2-10(8-11)9-12(13(16)17)15-4-6-18-7-5-15/h1-3,8,12H,4-7,9H2,(H,16,17). The van der Waals surface area contributed by atoms with Gasteiger partial charge in [-0.25, -0.2) is 0 Å². The molecule has 1 aliphatic heterocycles. The molecule has 0 amide bonds. The quantitative estimate of drug-likeness (QED) is 0.920. The molecule has 0 bridgehead atoms. The van der Waals surface area contributed by atoms with Crippen molar-refractivity contribution in [2.45, 2.75) is 12.5 Å². The SMILES string of the molecule is O=C(O)C(Cc1cccc(Br)c1)N1CCOCC1. The highest BCUT2D eigenvalue weighted by molar-refractivity contribution is 9.10. The van der Waals surface area contributed by atoms with Crippen LogP contribution in [0.15, 0.2) is 28.7 Å². The molecule has 1 aliphatic rings. The lowest BCUT2D eigenvalue weighted by Crippen LogP contribution is -2.48. The van der Waals surface area contributed by atoms with Gasteiger partial charge in [-0.1, -0.05) is 28.1 Å². The second kappa shape index (κ2) is 6.31. The molecule has 1 fully saturated rings. The van der Waals surface area contributed by atoms with Gasteiger partial charge in [0.25, 0.3) is 0 Å². The van der Waals surface area contributed by atoms with Crippen LogP contribution in [0.5, 0.6) is 0 Å². The minimum absolute atomic E-state index is 0.469. The van der Waals surface area contributed by atoms with Crippen molar-refractivity contribution in [3.63, 3.8) is 0 Å². The Morgan fingerprint density at radius 2 is 2.17 bits per heavy atom. The molecule has 98 valence electrons. The fourth-order valence-electron chi connectivity index (χ4n) is 2.15. The maximum Gasteiger partial charge on any atom is 0.321 e. The Hall–Kier alpha value is -0.910. The fourth-order valence-corrected chi connectivity index (χ4v) is 2.60. The maximum atomic E-state index is 11.4. The fraction of sp³-hybridized carbons (Fsp3) is 0.462. The number of carboxylic acid groups (broad SMARTS) is 1. The number of carboxylic acids is 1. The molecule has 1 N–H and O–H groups in total. The van der Waals surface area contributed by atoms with Crippen molar-refractivity contribution in [2.24, 2.45) is 0 Å². The van der Waals surface area contributed by atoms with E-state index in [2.05, 4.69) is 15.9 Å². The van der Waals surface area contributed by atoms with Crippen molar-refractivity contribution in [2.75, 3.05) is 26.3 Å². The van der Waals surface area contributed by atoms with Crippen LogP contribution < -0.4 is 0 Å². The molecular weight excluding hydrogens is 298 g/mol. The Bertz CT molecular complexity index is 418. The van der Waals surface area contributed by atoms with Gasteiger partial charge in [-0.3, -0.25) is 9.69 Å². The molecule has 0 aliphatic carbocycles. The summed E-state index contributed by atoms with van der Waals surface area (Å²) in [4.78, 5) is 13.4. The highest BCUT2D eigenvalue weighted by atomic mass is 79.9. The molecule has 18 heavy (non-hydrogen) atoms. The first-order chi connectivity index (χ1) is 8.66. The Labute approximate surface area is 115 Å². The first kappa shape index (κ1) is 13.5. The molecule has 2 rings (SSSR count). The van der Waals surface area contributed by atoms with E-state index in [1.54, 1.807) is 0 Å². The summed E-state index contributed by atoms with van der Waals surface area (Å²) in [5.41, 5.74) is 1.03. The Morgan fingerprint density at radius 3 is 2.78 bits per heavy atom. The molecule has 1 saturated heterocycles. The lowest BCUT2D eigenvalue weighted by atomic mass is 10.0. The van der Waals surface area contributed by atoms with Gasteiger partial charge in [0.1, 0.15) is 6.04 Å². The monoisotopic (exact) mass is 313 g/mol. The average Bonchev–Trinajstić information content (AvgIpc) is 2.37. The molecule has 1 unspecified atom stereocenters. The number of halogens is 1. The molecule has 1 aromatic carbocycles. The van der Waals surface area contributed by atoms with Crippen LogP contribution in [0.3, 0.4) is 0 Å². The van der Waals surface area contributed by atoms with Gasteiger partial charge in [0.05, 0.1) is 13.2 Å². The van der Waals surface area contributed by atoms with Crippen molar-refractivity contribution < 1.29 is 14.6 Å². The van der Waals surface area contributed by atoms with Gasteiger partial charge >= 0.3 is 5.97 Å². The zero-order chi connectivity index (χ0) is 13.0. The van der Waals surface area contributed by atoms with Crippen molar-refractivity contribution >= 4 is 21.9 Å². The molecule has 0 aromatic heterocycles. The predicted octanol–water partition coefficient (Wildman–Crippen LogP) is 1.78. The van der Waals surface area contributed by atoms with Gasteiger partial charge in [-0.05, 0) is 24.1 Å². The Balaban J connectivity index is 2.08. The lowest BCUT2D eigenvalue weighted by Gasteiger charge is -2.32. The van der Waals surface area contributed by atoms with E-state index < -0.39 is 12.0 Å². The number of aliphatic carboxylic acids is 1. The van der Waals surface area contributed by atoms with Crippen LogP contribution in [0.1, 0.15) is 5.56 Å². The summed E-state index contributed by atoms with van der Waals surface area (Å²) in [6, 6.07) is 7.33. The smallest absolute Gasteiger partial charge is 0.321 e. The molecular formula is C13H16BrNO3. The maximum absolute atomic E-state index is 11.4. The molecule has 0 radical (unpaired) electrons. The number of ether oxygens (including phenoxy) is 1. The van der Waals surface area contributed by atoms with Crippen LogP contribution in [0.25, 0.3) is 0 Å². The highest BCUT2D eigenvalue weighted by Gasteiger charge is 2.27. The van der Waals surface area contributed by atoms with Crippen molar-refractivity contribution in [3.8, 4) is 0 Å². The van der Waals surface area contributed by atoms with Gasteiger partial charge in [0, 0.05) is 17.6 Å². The van der Waals surface area contributed by atoms with E-state index in [0.717, 1.165) is 10.0 Å². The topological polar surface area (TPSA) is 49.8 Å². The third kappa shape index (κ3) is 3.54. The number of carbonyl (C=O) groups is 1. The van der Waals surface area contributed by atoms with E-state index >= 15 is 0 Å². The summed E-state index contributed by atoms with van der Waals surface area (Å²) in [5, 5.41) is 9.36. The van der Waals surface area contributed by atoms with E-state index in [0.29, 0.717) is 32.7 Å². The van der Waals surface area contributed by atoms with Crippen LogP contribution in [-0.2, 0) is 16.0 Å². The number of hydrogen-bond acceptors (Lipinski definition) is 3. The predicted molar refractivity (Wildman–Crippen MR) is 71.7 cm³/mol. The normalized spacial score (nSPS) is 18.5. The van der Waals surface area contributed by atoms with Gasteiger partial charge < -0.3 is 9.84 Å². The van der Waals surface area contributed by atoms with E-state index in [4.69, 9.17) is 4.74 Å². The van der Waals surface area contributed by atoms with Crippen molar-refractivity contribution in [1.29, 1.82) is 0 Å². The van der Waals surface area contributed by atoms with Crippen LogP contribution in [0, 0.1) is 0 Å². The molecule has 0 saturated carbocycles. The zero-order valence-corrected chi connectivity index (χ0v) is 11.6. The van der Waals surface area contributed by atoms with Gasteiger partial charge in [-0.15, -0.1) is 0 Å². The Kier molecular flexibility index (Phi) is 4.74. The minimum atomic E-state index is -0.767. The largest absolute Gasteiger partial charge is 0.480 e. The molecule has 1 atom stereocenters. The summed E-state index contributed by atoms with van der Waals surface area (Å²) in [5.74, 6) is -0.767. The van der Waals surface area contributed by atoms with E-state index in [9.17, 15) is 9.90 Å². The number of morpholine rings is 1. The molecule has 1 aromatic rings. The van der Waals surface area contributed by atoms with E-state index in [1.807, 2.05) is 29.2 Å². The summed E-state index contributed by atoms with van der Waals surface area (Å²) >= 11 is 3.40. The van der Waals surface area contributed by atoms with Crippen LogP contribution in [0.2, 0.25) is 0 Å². The van der Waals surface area contributed by atoms with Gasteiger partial charge in [0.2, 0.25) is 0 Å². The minimum Gasteiger partial charge on any atom is -0.480 e. The molecule has 0 spiro atoms. The average molecular weight is 314 g/mol. The zero-order valence-electron chi connectivity index (χ0n) is 10.0. The first-order valence-corrected chi connectivity index (χ1v) is 6.75. The third-order valence-corrected chi connectivity index (χ3v) is 3.58. The van der Waals surface area contributed by atoms with Crippen LogP contribution >= 0.6 is 15.9 Å². The van der Waals surface area contributed by atoms with Crippen molar-refractivity contribution in [3.05, 3.63) is 34.3 Å². The molecule has 1 heterocycles.